The Hall–Kier alpha value is -1.35. The van der Waals surface area contributed by atoms with Crippen molar-refractivity contribution in [2.75, 3.05) is 13.1 Å². The standard InChI is InChI=1S/C14H17NO2/c16-14(17)12-4-2-1-3-11(12)13-9-10-5-7-15(13)8-6-10/h1-4,10,13H,5-9H2,(H,16,17)/p-1. The Morgan fingerprint density at radius 1 is 1.24 bits per heavy atom. The maximum atomic E-state index is 11.1. The summed E-state index contributed by atoms with van der Waals surface area (Å²) in [6, 6.07) is 7.58. The lowest BCUT2D eigenvalue weighted by atomic mass is 9.80. The number of aromatic carboxylic acids is 1. The molecule has 3 aliphatic rings. The minimum atomic E-state index is -1.05. The molecule has 90 valence electrons. The zero-order valence-corrected chi connectivity index (χ0v) is 9.76. The lowest BCUT2D eigenvalue weighted by Gasteiger charge is -2.46. The maximum Gasteiger partial charge on any atom is 0.0718 e. The number of hydrogen-bond donors (Lipinski definition) is 0. The van der Waals surface area contributed by atoms with Crippen molar-refractivity contribution in [3.8, 4) is 0 Å². The van der Waals surface area contributed by atoms with Crippen LogP contribution >= 0.6 is 0 Å². The van der Waals surface area contributed by atoms with E-state index in [1.807, 2.05) is 12.1 Å². The van der Waals surface area contributed by atoms with Gasteiger partial charge in [0.1, 0.15) is 0 Å². The maximum absolute atomic E-state index is 11.1. The van der Waals surface area contributed by atoms with E-state index in [0.29, 0.717) is 5.56 Å². The van der Waals surface area contributed by atoms with Crippen LogP contribution in [0.15, 0.2) is 24.3 Å². The fourth-order valence-electron chi connectivity index (χ4n) is 3.26. The molecule has 2 bridgehead atoms. The molecule has 0 aromatic heterocycles. The van der Waals surface area contributed by atoms with Crippen LogP contribution in [0.1, 0.15) is 41.2 Å². The van der Waals surface area contributed by atoms with E-state index < -0.39 is 5.97 Å². The molecule has 17 heavy (non-hydrogen) atoms. The van der Waals surface area contributed by atoms with Gasteiger partial charge < -0.3 is 9.90 Å². The molecule has 3 aliphatic heterocycles. The number of carboxylic acids is 1. The van der Waals surface area contributed by atoms with Gasteiger partial charge in [-0.25, -0.2) is 0 Å². The van der Waals surface area contributed by atoms with Crippen LogP contribution in [0.4, 0.5) is 0 Å². The summed E-state index contributed by atoms with van der Waals surface area (Å²) < 4.78 is 0. The molecule has 1 unspecified atom stereocenters. The Morgan fingerprint density at radius 2 is 1.94 bits per heavy atom. The summed E-state index contributed by atoms with van der Waals surface area (Å²) >= 11 is 0. The first-order chi connectivity index (χ1) is 8.25. The van der Waals surface area contributed by atoms with Crippen molar-refractivity contribution in [1.29, 1.82) is 0 Å². The molecule has 3 saturated heterocycles. The highest BCUT2D eigenvalue weighted by Gasteiger charge is 2.35. The average Bonchev–Trinajstić information content (AvgIpc) is 2.40. The number of carbonyl (C=O) groups excluding carboxylic acids is 1. The van der Waals surface area contributed by atoms with E-state index in [-0.39, 0.29) is 6.04 Å². The molecule has 0 N–H and O–H groups in total. The molecule has 3 nitrogen and oxygen atoms in total. The lowest BCUT2D eigenvalue weighted by Crippen LogP contribution is -2.44. The minimum Gasteiger partial charge on any atom is -0.545 e. The zero-order valence-electron chi connectivity index (χ0n) is 9.76. The average molecular weight is 230 g/mol. The first kappa shape index (κ1) is 10.8. The van der Waals surface area contributed by atoms with E-state index in [0.717, 1.165) is 31.0 Å². The fourth-order valence-corrected chi connectivity index (χ4v) is 3.26. The highest BCUT2D eigenvalue weighted by atomic mass is 16.4. The number of rotatable bonds is 2. The van der Waals surface area contributed by atoms with Crippen molar-refractivity contribution < 1.29 is 9.90 Å². The van der Waals surface area contributed by atoms with Crippen molar-refractivity contribution in [3.63, 3.8) is 0 Å². The number of nitrogens with zero attached hydrogens (tertiary/aromatic N) is 1. The Kier molecular flexibility index (Phi) is 2.63. The molecular weight excluding hydrogens is 214 g/mol. The number of carboxylic acid groups (broad SMARTS) is 1. The third-order valence-electron chi connectivity index (χ3n) is 4.19. The van der Waals surface area contributed by atoms with Crippen molar-refractivity contribution in [2.24, 2.45) is 5.92 Å². The monoisotopic (exact) mass is 230 g/mol. The van der Waals surface area contributed by atoms with Gasteiger partial charge in [-0.2, -0.15) is 0 Å². The van der Waals surface area contributed by atoms with Gasteiger partial charge in [0.15, 0.2) is 0 Å². The Bertz CT molecular complexity index is 436. The van der Waals surface area contributed by atoms with E-state index in [1.54, 1.807) is 12.1 Å². The molecule has 3 heterocycles. The van der Waals surface area contributed by atoms with Gasteiger partial charge in [0.05, 0.1) is 5.97 Å². The largest absolute Gasteiger partial charge is 0.545 e. The van der Waals surface area contributed by atoms with Gasteiger partial charge in [0.2, 0.25) is 0 Å². The number of piperidine rings is 3. The van der Waals surface area contributed by atoms with E-state index in [9.17, 15) is 9.90 Å². The third kappa shape index (κ3) is 1.84. The fraction of sp³-hybridized carbons (Fsp3) is 0.500. The minimum absolute atomic E-state index is 0.289. The molecule has 3 heteroatoms. The van der Waals surface area contributed by atoms with E-state index in [4.69, 9.17) is 0 Å². The van der Waals surface area contributed by atoms with E-state index in [2.05, 4.69) is 4.90 Å². The molecule has 3 fully saturated rings. The van der Waals surface area contributed by atoms with E-state index >= 15 is 0 Å². The van der Waals surface area contributed by atoms with Gasteiger partial charge in [0.25, 0.3) is 0 Å². The molecule has 1 aromatic carbocycles. The molecule has 1 aromatic rings. The second-order valence-corrected chi connectivity index (χ2v) is 5.11. The number of benzene rings is 1. The summed E-state index contributed by atoms with van der Waals surface area (Å²) in [5.41, 5.74) is 1.31. The summed E-state index contributed by atoms with van der Waals surface area (Å²) in [6.45, 7) is 2.22. The van der Waals surface area contributed by atoms with Crippen LogP contribution in [0.2, 0.25) is 0 Å². The second kappa shape index (κ2) is 4.15. The van der Waals surface area contributed by atoms with Gasteiger partial charge in [-0.15, -0.1) is 0 Å². The number of fused-ring (bicyclic) bond motifs is 3. The normalized spacial score (nSPS) is 31.4. The first-order valence-electron chi connectivity index (χ1n) is 6.30. The SMILES string of the molecule is O=C([O-])c1ccccc1C1CC2CCN1CC2. The van der Waals surface area contributed by atoms with Crippen molar-refractivity contribution in [1.82, 2.24) is 4.90 Å². The predicted octanol–water partition coefficient (Wildman–Crippen LogP) is 1.21. The van der Waals surface area contributed by atoms with Crippen molar-refractivity contribution in [3.05, 3.63) is 35.4 Å². The summed E-state index contributed by atoms with van der Waals surface area (Å²) in [4.78, 5) is 13.6. The number of carbonyl (C=O) groups is 1. The summed E-state index contributed by atoms with van der Waals surface area (Å²) in [5, 5.41) is 11.1. The van der Waals surface area contributed by atoms with Crippen molar-refractivity contribution >= 4 is 5.97 Å². The Morgan fingerprint density at radius 3 is 2.53 bits per heavy atom. The molecule has 0 amide bonds. The van der Waals surface area contributed by atoms with Gasteiger partial charge in [-0.3, -0.25) is 4.90 Å². The highest BCUT2D eigenvalue weighted by Crippen LogP contribution is 2.41. The summed E-state index contributed by atoms with van der Waals surface area (Å²) in [7, 11) is 0. The van der Waals surface area contributed by atoms with Crippen LogP contribution in [0.5, 0.6) is 0 Å². The zero-order chi connectivity index (χ0) is 11.8. The number of hydrogen-bond acceptors (Lipinski definition) is 3. The van der Waals surface area contributed by atoms with Crippen LogP contribution in [0, 0.1) is 5.92 Å². The Labute approximate surface area is 101 Å². The van der Waals surface area contributed by atoms with Gasteiger partial charge in [0, 0.05) is 11.6 Å². The molecule has 0 saturated carbocycles. The Balaban J connectivity index is 1.96. The quantitative estimate of drug-likeness (QED) is 0.767. The van der Waals surface area contributed by atoms with Crippen LogP contribution < -0.4 is 5.11 Å². The molecule has 0 radical (unpaired) electrons. The highest BCUT2D eigenvalue weighted by molar-refractivity contribution is 5.87. The third-order valence-corrected chi connectivity index (χ3v) is 4.19. The van der Waals surface area contributed by atoms with Gasteiger partial charge >= 0.3 is 0 Å². The predicted molar refractivity (Wildman–Crippen MR) is 62.4 cm³/mol. The lowest BCUT2D eigenvalue weighted by molar-refractivity contribution is -0.255. The van der Waals surface area contributed by atoms with Crippen molar-refractivity contribution in [2.45, 2.75) is 25.3 Å². The van der Waals surface area contributed by atoms with Crippen LogP contribution in [0.3, 0.4) is 0 Å². The molecular formula is C14H16NO2-. The molecule has 0 aliphatic carbocycles. The van der Waals surface area contributed by atoms with Crippen LogP contribution in [0.25, 0.3) is 0 Å². The van der Waals surface area contributed by atoms with Gasteiger partial charge in [-0.05, 0) is 43.8 Å². The van der Waals surface area contributed by atoms with E-state index in [1.165, 1.54) is 12.8 Å². The summed E-state index contributed by atoms with van der Waals surface area (Å²) in [5.74, 6) is -0.275. The summed E-state index contributed by atoms with van der Waals surface area (Å²) in [6.07, 6.45) is 3.64. The van der Waals surface area contributed by atoms with Crippen LogP contribution in [-0.2, 0) is 0 Å². The molecule has 0 spiro atoms. The molecule has 1 atom stereocenters. The first-order valence-corrected chi connectivity index (χ1v) is 6.30. The topological polar surface area (TPSA) is 43.4 Å². The smallest absolute Gasteiger partial charge is 0.0718 e. The van der Waals surface area contributed by atoms with Crippen LogP contribution in [-0.4, -0.2) is 24.0 Å². The molecule has 4 rings (SSSR count). The second-order valence-electron chi connectivity index (χ2n) is 5.11. The van der Waals surface area contributed by atoms with Gasteiger partial charge in [-0.1, -0.05) is 24.3 Å².